The van der Waals surface area contributed by atoms with E-state index in [9.17, 15) is 9.90 Å². The fourth-order valence-electron chi connectivity index (χ4n) is 2.93. The number of nitrogens with one attached hydrogen (secondary N) is 1. The first-order valence-electron chi connectivity index (χ1n) is 7.95. The van der Waals surface area contributed by atoms with E-state index >= 15 is 0 Å². The maximum absolute atomic E-state index is 12.2. The molecule has 1 saturated heterocycles. The zero-order valence-electron chi connectivity index (χ0n) is 13.7. The summed E-state index contributed by atoms with van der Waals surface area (Å²) < 4.78 is 0. The van der Waals surface area contributed by atoms with E-state index < -0.39 is 0 Å². The Morgan fingerprint density at radius 3 is 3.04 bits per heavy atom. The van der Waals surface area contributed by atoms with Gasteiger partial charge in [0.1, 0.15) is 11.1 Å². The fourth-order valence-corrected chi connectivity index (χ4v) is 3.68. The summed E-state index contributed by atoms with van der Waals surface area (Å²) in [4.78, 5) is 16.6. The van der Waals surface area contributed by atoms with Crippen LogP contribution in [0.2, 0.25) is 0 Å². The van der Waals surface area contributed by atoms with Gasteiger partial charge >= 0.3 is 0 Å². The third kappa shape index (κ3) is 5.01. The van der Waals surface area contributed by atoms with Gasteiger partial charge in [-0.25, -0.2) is 0 Å². The summed E-state index contributed by atoms with van der Waals surface area (Å²) in [5.41, 5.74) is 0.511. The molecule has 1 aliphatic heterocycles. The number of piperazine rings is 1. The Balaban J connectivity index is 1.86. The van der Waals surface area contributed by atoms with Gasteiger partial charge in [0.15, 0.2) is 0 Å². The van der Waals surface area contributed by atoms with Crippen molar-refractivity contribution in [3.05, 3.63) is 17.0 Å². The average molecular weight is 336 g/mol. The monoisotopic (exact) mass is 336 g/mol. The standard InChI is InChI=1S/C16H24N4O2S/c1-3-14-10-19(5-6-20(14)9-12(2)21)11-15(22)18-16-13(8-17)4-7-23-16/h4,7,12,14,21H,3,5-6,9-11H2,1-2H3,(H,18,22)/t12-,14-/m0/s1. The molecule has 0 saturated carbocycles. The summed E-state index contributed by atoms with van der Waals surface area (Å²) in [6, 6.07) is 4.15. The molecule has 7 heteroatoms. The van der Waals surface area contributed by atoms with Gasteiger partial charge in [-0.3, -0.25) is 14.6 Å². The van der Waals surface area contributed by atoms with Crippen LogP contribution in [0.4, 0.5) is 5.00 Å². The lowest BCUT2D eigenvalue weighted by atomic mass is 10.1. The number of anilines is 1. The second-order valence-corrected chi connectivity index (χ2v) is 6.88. The van der Waals surface area contributed by atoms with E-state index in [0.29, 0.717) is 29.7 Å². The van der Waals surface area contributed by atoms with Crippen molar-refractivity contribution in [1.82, 2.24) is 9.80 Å². The van der Waals surface area contributed by atoms with Crippen LogP contribution in [-0.4, -0.2) is 65.7 Å². The molecule has 2 heterocycles. The van der Waals surface area contributed by atoms with Crippen molar-refractivity contribution in [2.75, 3.05) is 38.0 Å². The Hall–Kier alpha value is -1.46. The number of carbonyl (C=O) groups excluding carboxylic acids is 1. The number of nitrogens with zero attached hydrogens (tertiary/aromatic N) is 3. The first kappa shape index (κ1) is 17.9. The number of nitriles is 1. The number of rotatable bonds is 6. The highest BCUT2D eigenvalue weighted by Gasteiger charge is 2.27. The van der Waals surface area contributed by atoms with E-state index in [0.717, 1.165) is 26.1 Å². The van der Waals surface area contributed by atoms with Crippen LogP contribution < -0.4 is 5.32 Å². The number of hydrogen-bond donors (Lipinski definition) is 2. The predicted molar refractivity (Wildman–Crippen MR) is 91.4 cm³/mol. The minimum Gasteiger partial charge on any atom is -0.392 e. The highest BCUT2D eigenvalue weighted by atomic mass is 32.1. The van der Waals surface area contributed by atoms with E-state index in [4.69, 9.17) is 5.26 Å². The molecule has 1 aromatic heterocycles. The molecular formula is C16H24N4O2S. The van der Waals surface area contributed by atoms with E-state index in [-0.39, 0.29) is 12.0 Å². The van der Waals surface area contributed by atoms with Crippen LogP contribution in [-0.2, 0) is 4.79 Å². The Morgan fingerprint density at radius 2 is 2.39 bits per heavy atom. The van der Waals surface area contributed by atoms with Gasteiger partial charge in [0.05, 0.1) is 18.2 Å². The van der Waals surface area contributed by atoms with Crippen LogP contribution >= 0.6 is 11.3 Å². The van der Waals surface area contributed by atoms with Crippen LogP contribution in [0.5, 0.6) is 0 Å². The van der Waals surface area contributed by atoms with E-state index in [1.807, 2.05) is 0 Å². The molecule has 6 nitrogen and oxygen atoms in total. The lowest BCUT2D eigenvalue weighted by Crippen LogP contribution is -2.55. The average Bonchev–Trinajstić information content (AvgIpc) is 2.95. The molecule has 2 atom stereocenters. The summed E-state index contributed by atoms with van der Waals surface area (Å²) in [6.07, 6.45) is 0.663. The van der Waals surface area contributed by atoms with Crippen molar-refractivity contribution in [2.45, 2.75) is 32.4 Å². The number of amides is 1. The maximum Gasteiger partial charge on any atom is 0.239 e. The van der Waals surface area contributed by atoms with Crippen LogP contribution in [0.25, 0.3) is 0 Å². The molecule has 1 fully saturated rings. The van der Waals surface area contributed by atoms with Crippen LogP contribution in [0.15, 0.2) is 11.4 Å². The molecule has 1 aliphatic rings. The summed E-state index contributed by atoms with van der Waals surface area (Å²) in [7, 11) is 0. The molecule has 1 aromatic rings. The zero-order valence-corrected chi connectivity index (χ0v) is 14.5. The van der Waals surface area contributed by atoms with Crippen molar-refractivity contribution < 1.29 is 9.90 Å². The number of carbonyl (C=O) groups is 1. The molecule has 0 radical (unpaired) electrons. The van der Waals surface area contributed by atoms with Gasteiger partial charge in [-0.05, 0) is 24.8 Å². The summed E-state index contributed by atoms with van der Waals surface area (Å²) >= 11 is 1.37. The minimum absolute atomic E-state index is 0.0808. The van der Waals surface area contributed by atoms with E-state index in [1.54, 1.807) is 18.4 Å². The van der Waals surface area contributed by atoms with Crippen molar-refractivity contribution in [1.29, 1.82) is 5.26 Å². The van der Waals surface area contributed by atoms with Gasteiger partial charge in [0.25, 0.3) is 0 Å². The molecule has 23 heavy (non-hydrogen) atoms. The Bertz CT molecular complexity index is 567. The van der Waals surface area contributed by atoms with Crippen molar-refractivity contribution in [3.63, 3.8) is 0 Å². The van der Waals surface area contributed by atoms with E-state index in [1.165, 1.54) is 11.3 Å². The van der Waals surface area contributed by atoms with Crippen LogP contribution in [0.1, 0.15) is 25.8 Å². The van der Waals surface area contributed by atoms with Crippen molar-refractivity contribution in [2.24, 2.45) is 0 Å². The Morgan fingerprint density at radius 1 is 1.61 bits per heavy atom. The highest BCUT2D eigenvalue weighted by molar-refractivity contribution is 7.14. The molecule has 2 N–H and O–H groups in total. The SMILES string of the molecule is CC[C@H]1CN(CC(=O)Nc2sccc2C#N)CCN1C[C@H](C)O. The molecule has 0 aliphatic carbocycles. The topological polar surface area (TPSA) is 79.6 Å². The second-order valence-electron chi connectivity index (χ2n) is 5.96. The molecular weight excluding hydrogens is 312 g/mol. The summed E-state index contributed by atoms with van der Waals surface area (Å²) in [5, 5.41) is 23.8. The zero-order chi connectivity index (χ0) is 16.8. The third-order valence-corrected chi connectivity index (χ3v) is 4.89. The van der Waals surface area contributed by atoms with Gasteiger partial charge < -0.3 is 10.4 Å². The largest absolute Gasteiger partial charge is 0.392 e. The first-order chi connectivity index (χ1) is 11.0. The Kier molecular flexibility index (Phi) is 6.54. The molecule has 126 valence electrons. The van der Waals surface area contributed by atoms with Crippen molar-refractivity contribution in [3.8, 4) is 6.07 Å². The summed E-state index contributed by atoms with van der Waals surface area (Å²) in [6.45, 7) is 7.45. The third-order valence-electron chi connectivity index (χ3n) is 4.06. The minimum atomic E-state index is -0.331. The normalized spacial score (nSPS) is 20.9. The second kappa shape index (κ2) is 8.41. The number of aliphatic hydroxyl groups excluding tert-OH is 1. The lowest BCUT2D eigenvalue weighted by Gasteiger charge is -2.41. The molecule has 0 bridgehead atoms. The predicted octanol–water partition coefficient (Wildman–Crippen LogP) is 1.34. The van der Waals surface area contributed by atoms with Gasteiger partial charge in [-0.15, -0.1) is 11.3 Å². The number of β-amino-alcohol motifs (C(OH)–C–C–N with tert-alkyl or cyclic N) is 1. The number of aliphatic hydroxyl groups is 1. The van der Waals surface area contributed by atoms with Gasteiger partial charge in [0.2, 0.25) is 5.91 Å². The van der Waals surface area contributed by atoms with E-state index in [2.05, 4.69) is 28.1 Å². The summed E-state index contributed by atoms with van der Waals surface area (Å²) in [5.74, 6) is -0.0808. The number of thiophene rings is 1. The van der Waals surface area contributed by atoms with Gasteiger partial charge in [0, 0.05) is 32.2 Å². The molecule has 0 aromatic carbocycles. The Labute approximate surface area is 141 Å². The number of hydrogen-bond acceptors (Lipinski definition) is 6. The van der Waals surface area contributed by atoms with Gasteiger partial charge in [-0.2, -0.15) is 5.26 Å². The smallest absolute Gasteiger partial charge is 0.239 e. The first-order valence-corrected chi connectivity index (χ1v) is 8.83. The highest BCUT2D eigenvalue weighted by Crippen LogP contribution is 2.22. The van der Waals surface area contributed by atoms with Gasteiger partial charge in [-0.1, -0.05) is 6.92 Å². The quantitative estimate of drug-likeness (QED) is 0.819. The molecule has 0 unspecified atom stereocenters. The maximum atomic E-state index is 12.2. The fraction of sp³-hybridized carbons (Fsp3) is 0.625. The lowest BCUT2D eigenvalue weighted by molar-refractivity contribution is -0.118. The van der Waals surface area contributed by atoms with Crippen molar-refractivity contribution >= 4 is 22.2 Å². The molecule has 2 rings (SSSR count). The van der Waals surface area contributed by atoms with Crippen LogP contribution in [0, 0.1) is 11.3 Å². The molecule has 0 spiro atoms. The molecule has 1 amide bonds. The van der Waals surface area contributed by atoms with Crippen LogP contribution in [0.3, 0.4) is 0 Å².